The van der Waals surface area contributed by atoms with Gasteiger partial charge in [-0.05, 0) is 49.8 Å². The van der Waals surface area contributed by atoms with Crippen LogP contribution in [-0.2, 0) is 16.0 Å². The quantitative estimate of drug-likeness (QED) is 0.877. The Kier molecular flexibility index (Phi) is 5.75. The van der Waals surface area contributed by atoms with Crippen LogP contribution in [0.1, 0.15) is 37.7 Å². The molecule has 26 heavy (non-hydrogen) atoms. The van der Waals surface area contributed by atoms with Gasteiger partial charge in [-0.15, -0.1) is 0 Å². The summed E-state index contributed by atoms with van der Waals surface area (Å²) in [6.07, 6.45) is 6.37. The van der Waals surface area contributed by atoms with E-state index in [0.717, 1.165) is 64.2 Å². The van der Waals surface area contributed by atoms with Crippen LogP contribution in [0.15, 0.2) is 24.3 Å². The number of amides is 1. The van der Waals surface area contributed by atoms with Crippen molar-refractivity contribution in [2.75, 3.05) is 44.3 Å². The molecule has 1 aromatic carbocycles. The fourth-order valence-electron chi connectivity index (χ4n) is 4.38. The van der Waals surface area contributed by atoms with Crippen molar-refractivity contribution in [2.45, 2.75) is 50.6 Å². The number of nitrogens with one attached hydrogen (secondary N) is 1. The van der Waals surface area contributed by atoms with Gasteiger partial charge in [-0.25, -0.2) is 0 Å². The van der Waals surface area contributed by atoms with Crippen molar-refractivity contribution in [1.82, 2.24) is 10.2 Å². The molecule has 0 bridgehead atoms. The van der Waals surface area contributed by atoms with Gasteiger partial charge in [0.05, 0.1) is 13.0 Å². The van der Waals surface area contributed by atoms with Gasteiger partial charge in [0.1, 0.15) is 0 Å². The number of benzene rings is 1. The van der Waals surface area contributed by atoms with Crippen molar-refractivity contribution in [3.8, 4) is 0 Å². The van der Waals surface area contributed by atoms with Crippen molar-refractivity contribution in [2.24, 2.45) is 0 Å². The van der Waals surface area contributed by atoms with Gasteiger partial charge in [-0.2, -0.15) is 0 Å². The number of ether oxygens (including phenoxy) is 1. The molecule has 0 aliphatic carbocycles. The van der Waals surface area contributed by atoms with E-state index in [-0.39, 0.29) is 5.91 Å². The molecule has 1 unspecified atom stereocenters. The van der Waals surface area contributed by atoms with Crippen LogP contribution in [0, 0.1) is 0 Å². The summed E-state index contributed by atoms with van der Waals surface area (Å²) in [7, 11) is 0. The maximum Gasteiger partial charge on any atom is 0.226 e. The molecule has 0 radical (unpaired) electrons. The topological polar surface area (TPSA) is 44.8 Å². The van der Waals surface area contributed by atoms with Crippen LogP contribution >= 0.6 is 0 Å². The number of carbonyl (C=O) groups excluding carboxylic acids is 1. The minimum Gasteiger partial charge on any atom is -0.380 e. The largest absolute Gasteiger partial charge is 0.380 e. The molecule has 3 aliphatic rings. The summed E-state index contributed by atoms with van der Waals surface area (Å²) < 4.78 is 5.46. The molecule has 3 heterocycles. The molecule has 1 aromatic rings. The van der Waals surface area contributed by atoms with Crippen LogP contribution in [-0.4, -0.2) is 62.3 Å². The Balaban J connectivity index is 1.25. The van der Waals surface area contributed by atoms with Crippen LogP contribution in [0.25, 0.3) is 0 Å². The Morgan fingerprint density at radius 2 is 1.73 bits per heavy atom. The molecule has 3 saturated heterocycles. The summed E-state index contributed by atoms with van der Waals surface area (Å²) in [6.45, 7) is 5.84. The highest BCUT2D eigenvalue weighted by atomic mass is 16.5. The first-order valence-corrected chi connectivity index (χ1v) is 10.2. The minimum atomic E-state index is 0.276. The normalized spacial score (nSPS) is 24.4. The van der Waals surface area contributed by atoms with E-state index in [2.05, 4.69) is 34.5 Å². The van der Waals surface area contributed by atoms with Crippen molar-refractivity contribution < 1.29 is 9.53 Å². The summed E-state index contributed by atoms with van der Waals surface area (Å²) in [4.78, 5) is 16.7. The summed E-state index contributed by atoms with van der Waals surface area (Å²) in [5, 5.41) is 3.75. The zero-order valence-corrected chi connectivity index (χ0v) is 15.7. The molecular formula is C21H31N3O2. The standard InChI is InChI=1S/C21H31N3O2/c25-21(24-10-1-2-11-24)15-17-3-5-20(6-4-17)23-12-7-18(8-13-23)22-19-9-14-26-16-19/h3-6,18-19,22H,1-2,7-16H2. The highest BCUT2D eigenvalue weighted by Gasteiger charge is 2.24. The molecule has 142 valence electrons. The number of carbonyl (C=O) groups is 1. The van der Waals surface area contributed by atoms with Gasteiger partial charge in [0.25, 0.3) is 0 Å². The maximum absolute atomic E-state index is 12.3. The lowest BCUT2D eigenvalue weighted by atomic mass is 10.0. The number of hydrogen-bond acceptors (Lipinski definition) is 4. The maximum atomic E-state index is 12.3. The second-order valence-electron chi connectivity index (χ2n) is 7.92. The Morgan fingerprint density at radius 3 is 2.38 bits per heavy atom. The number of hydrogen-bond donors (Lipinski definition) is 1. The Labute approximate surface area is 156 Å². The van der Waals surface area contributed by atoms with E-state index in [4.69, 9.17) is 4.74 Å². The van der Waals surface area contributed by atoms with Gasteiger partial charge in [-0.1, -0.05) is 12.1 Å². The van der Waals surface area contributed by atoms with E-state index in [1.54, 1.807) is 0 Å². The fourth-order valence-corrected chi connectivity index (χ4v) is 4.38. The van der Waals surface area contributed by atoms with E-state index in [0.29, 0.717) is 18.5 Å². The zero-order valence-electron chi connectivity index (χ0n) is 15.7. The van der Waals surface area contributed by atoms with Crippen LogP contribution in [0.2, 0.25) is 0 Å². The lowest BCUT2D eigenvalue weighted by Crippen LogP contribution is -2.46. The average Bonchev–Trinajstić information content (AvgIpc) is 3.37. The van der Waals surface area contributed by atoms with E-state index < -0.39 is 0 Å². The van der Waals surface area contributed by atoms with Gasteiger partial charge in [0.15, 0.2) is 0 Å². The molecule has 5 nitrogen and oxygen atoms in total. The first-order valence-electron chi connectivity index (χ1n) is 10.2. The number of anilines is 1. The smallest absolute Gasteiger partial charge is 0.226 e. The third-order valence-corrected chi connectivity index (χ3v) is 6.01. The van der Waals surface area contributed by atoms with Crippen LogP contribution in [0.3, 0.4) is 0 Å². The van der Waals surface area contributed by atoms with Crippen molar-refractivity contribution in [3.63, 3.8) is 0 Å². The summed E-state index contributed by atoms with van der Waals surface area (Å²) in [5.41, 5.74) is 2.41. The second-order valence-corrected chi connectivity index (χ2v) is 7.92. The molecule has 1 amide bonds. The Hall–Kier alpha value is -1.59. The van der Waals surface area contributed by atoms with Gasteiger partial charge >= 0.3 is 0 Å². The molecular weight excluding hydrogens is 326 g/mol. The summed E-state index contributed by atoms with van der Waals surface area (Å²) in [5.74, 6) is 0.276. The molecule has 1 N–H and O–H groups in total. The minimum absolute atomic E-state index is 0.276. The number of likely N-dealkylation sites (tertiary alicyclic amines) is 1. The number of piperidine rings is 1. The molecule has 0 spiro atoms. The molecule has 3 fully saturated rings. The summed E-state index contributed by atoms with van der Waals surface area (Å²) >= 11 is 0. The van der Waals surface area contributed by atoms with Gasteiger partial charge in [0.2, 0.25) is 5.91 Å². The van der Waals surface area contributed by atoms with Gasteiger partial charge in [-0.3, -0.25) is 4.79 Å². The molecule has 0 saturated carbocycles. The van der Waals surface area contributed by atoms with Gasteiger partial charge < -0.3 is 19.9 Å². The average molecular weight is 357 g/mol. The zero-order chi connectivity index (χ0) is 17.8. The predicted octanol–water partition coefficient (Wildman–Crippen LogP) is 2.20. The SMILES string of the molecule is O=C(Cc1ccc(N2CCC(NC3CCOC3)CC2)cc1)N1CCCC1. The number of rotatable bonds is 5. The van der Waals surface area contributed by atoms with Gasteiger partial charge in [0, 0.05) is 50.6 Å². The highest BCUT2D eigenvalue weighted by molar-refractivity contribution is 5.79. The molecule has 4 rings (SSSR count). The lowest BCUT2D eigenvalue weighted by molar-refractivity contribution is -0.129. The van der Waals surface area contributed by atoms with Crippen LogP contribution < -0.4 is 10.2 Å². The van der Waals surface area contributed by atoms with Crippen molar-refractivity contribution in [1.29, 1.82) is 0 Å². The van der Waals surface area contributed by atoms with Crippen molar-refractivity contribution >= 4 is 11.6 Å². The van der Waals surface area contributed by atoms with Crippen molar-refractivity contribution in [3.05, 3.63) is 29.8 Å². The first kappa shape index (κ1) is 17.8. The van der Waals surface area contributed by atoms with E-state index in [1.807, 2.05) is 4.90 Å². The molecule has 3 aliphatic heterocycles. The fraction of sp³-hybridized carbons (Fsp3) is 0.667. The van der Waals surface area contributed by atoms with Crippen LogP contribution in [0.5, 0.6) is 0 Å². The third kappa shape index (κ3) is 4.38. The second kappa shape index (κ2) is 8.40. The number of nitrogens with zero attached hydrogens (tertiary/aromatic N) is 2. The van der Waals surface area contributed by atoms with E-state index in [1.165, 1.54) is 18.5 Å². The first-order chi connectivity index (χ1) is 12.8. The van der Waals surface area contributed by atoms with E-state index in [9.17, 15) is 4.79 Å². The Morgan fingerprint density at radius 1 is 1.00 bits per heavy atom. The predicted molar refractivity (Wildman–Crippen MR) is 104 cm³/mol. The Bertz CT molecular complexity index is 584. The third-order valence-electron chi connectivity index (χ3n) is 6.01. The highest BCUT2D eigenvalue weighted by Crippen LogP contribution is 2.22. The molecule has 5 heteroatoms. The molecule has 1 atom stereocenters. The van der Waals surface area contributed by atoms with E-state index >= 15 is 0 Å². The van der Waals surface area contributed by atoms with Crippen LogP contribution in [0.4, 0.5) is 5.69 Å². The molecule has 0 aromatic heterocycles. The summed E-state index contributed by atoms with van der Waals surface area (Å²) in [6, 6.07) is 9.80. The monoisotopic (exact) mass is 357 g/mol. The lowest BCUT2D eigenvalue weighted by Gasteiger charge is -2.35.